The lowest BCUT2D eigenvalue weighted by Crippen LogP contribution is -2.42. The van der Waals surface area contributed by atoms with Gasteiger partial charge in [0.2, 0.25) is 5.91 Å². The number of nitrogens with zero attached hydrogens (tertiary/aromatic N) is 3. The molecule has 3 aliphatic heterocycles. The standard InChI is InChI=1S/C29H31FN4O5/c1-38-24-4-2-3-23-26(24)21(15-25(35)32-23)28(36)31-19-7-8-34(16-19)27-20(17-5-6-17)13-18(30)14-22(27)29(37)33-9-11-39-12-10-33/h2-4,13-15,17,19,26H,5-12,16H2,1H3,(H,31,36)/t19-,26?/m1/s1. The molecule has 1 saturated carbocycles. The Balaban J connectivity index is 1.23. The number of hydrogen-bond donors (Lipinski definition) is 1. The van der Waals surface area contributed by atoms with Crippen molar-refractivity contribution >= 4 is 29.1 Å². The van der Waals surface area contributed by atoms with Gasteiger partial charge in [0, 0.05) is 43.9 Å². The molecule has 0 bridgehead atoms. The molecular formula is C29H31FN4O5. The van der Waals surface area contributed by atoms with Crippen LogP contribution in [0.15, 0.2) is 52.8 Å². The molecule has 1 aromatic carbocycles. The first-order valence-electron chi connectivity index (χ1n) is 13.5. The van der Waals surface area contributed by atoms with Gasteiger partial charge in [-0.25, -0.2) is 9.38 Å². The molecule has 0 spiro atoms. The summed E-state index contributed by atoms with van der Waals surface area (Å²) < 4.78 is 25.6. The highest BCUT2D eigenvalue weighted by Gasteiger charge is 2.38. The van der Waals surface area contributed by atoms with Crippen LogP contribution in [0.1, 0.15) is 41.1 Å². The smallest absolute Gasteiger partial charge is 0.270 e. The van der Waals surface area contributed by atoms with Crippen molar-refractivity contribution in [2.75, 3.05) is 51.4 Å². The number of anilines is 1. The van der Waals surface area contributed by atoms with E-state index in [2.05, 4.69) is 15.2 Å². The number of benzene rings is 1. The maximum Gasteiger partial charge on any atom is 0.270 e. The zero-order valence-electron chi connectivity index (χ0n) is 21.8. The van der Waals surface area contributed by atoms with E-state index in [1.165, 1.54) is 19.3 Å². The third-order valence-electron chi connectivity index (χ3n) is 7.92. The summed E-state index contributed by atoms with van der Waals surface area (Å²) in [4.78, 5) is 47.1. The summed E-state index contributed by atoms with van der Waals surface area (Å²) in [5, 5.41) is 3.09. The van der Waals surface area contributed by atoms with E-state index in [4.69, 9.17) is 9.47 Å². The highest BCUT2D eigenvalue weighted by atomic mass is 19.1. The van der Waals surface area contributed by atoms with Gasteiger partial charge in [-0.15, -0.1) is 0 Å². The lowest BCUT2D eigenvalue weighted by Gasteiger charge is -2.31. The third-order valence-corrected chi connectivity index (χ3v) is 7.92. The minimum atomic E-state index is -0.536. The van der Waals surface area contributed by atoms with E-state index >= 15 is 0 Å². The molecule has 0 radical (unpaired) electrons. The van der Waals surface area contributed by atoms with Crippen molar-refractivity contribution in [1.82, 2.24) is 10.2 Å². The number of ether oxygens (including phenoxy) is 2. The van der Waals surface area contributed by atoms with Crippen LogP contribution in [0.2, 0.25) is 0 Å². The number of halogens is 1. The van der Waals surface area contributed by atoms with E-state index in [-0.39, 0.29) is 23.8 Å². The second-order valence-electron chi connectivity index (χ2n) is 10.5. The Bertz CT molecular complexity index is 1340. The molecule has 1 aromatic rings. The van der Waals surface area contributed by atoms with E-state index in [1.54, 1.807) is 29.2 Å². The van der Waals surface area contributed by atoms with E-state index in [9.17, 15) is 18.8 Å². The van der Waals surface area contributed by atoms with Gasteiger partial charge in [0.05, 0.1) is 43.2 Å². The number of amides is 3. The molecule has 3 fully saturated rings. The third kappa shape index (κ3) is 5.01. The molecule has 1 unspecified atom stereocenters. The zero-order chi connectivity index (χ0) is 27.1. The number of carbonyl (C=O) groups excluding carboxylic acids is 3. The van der Waals surface area contributed by atoms with Crippen molar-refractivity contribution in [1.29, 1.82) is 0 Å². The quantitative estimate of drug-likeness (QED) is 0.602. The molecule has 1 N–H and O–H groups in total. The maximum absolute atomic E-state index is 14.8. The number of rotatable bonds is 6. The summed E-state index contributed by atoms with van der Waals surface area (Å²) >= 11 is 0. The second kappa shape index (κ2) is 10.4. The molecule has 39 heavy (non-hydrogen) atoms. The minimum absolute atomic E-state index is 0.191. The highest BCUT2D eigenvalue weighted by molar-refractivity contribution is 6.18. The fourth-order valence-electron chi connectivity index (χ4n) is 5.88. The molecule has 9 nitrogen and oxygen atoms in total. The number of carbonyl (C=O) groups is 3. The van der Waals surface area contributed by atoms with Gasteiger partial charge in [0.1, 0.15) is 11.6 Å². The number of methoxy groups -OCH3 is 1. The normalized spacial score (nSPS) is 24.6. The van der Waals surface area contributed by atoms with Crippen LogP contribution in [0, 0.1) is 11.7 Å². The van der Waals surface area contributed by atoms with E-state index in [1.807, 2.05) is 0 Å². The first-order chi connectivity index (χ1) is 18.9. The SMILES string of the molecule is COC1=CC=CC2=NC(=O)C=C(C(=O)N[C@@H]3CCN(c4c(C(=O)N5CCOCC5)cc(F)cc4C4CC4)C3)C12. The first-order valence-corrected chi connectivity index (χ1v) is 13.5. The van der Waals surface area contributed by atoms with Crippen molar-refractivity contribution in [2.45, 2.75) is 31.2 Å². The van der Waals surface area contributed by atoms with Gasteiger partial charge >= 0.3 is 0 Å². The van der Waals surface area contributed by atoms with Crippen LogP contribution in [-0.2, 0) is 19.1 Å². The van der Waals surface area contributed by atoms with Gasteiger partial charge in [-0.3, -0.25) is 14.4 Å². The number of aliphatic imine (C=N–C) groups is 1. The first kappa shape index (κ1) is 25.5. The lowest BCUT2D eigenvalue weighted by molar-refractivity contribution is -0.119. The Morgan fingerprint density at radius 3 is 2.69 bits per heavy atom. The fourth-order valence-corrected chi connectivity index (χ4v) is 5.88. The van der Waals surface area contributed by atoms with Crippen LogP contribution < -0.4 is 10.2 Å². The second-order valence-corrected chi connectivity index (χ2v) is 10.5. The number of nitrogens with one attached hydrogen (secondary N) is 1. The Morgan fingerprint density at radius 2 is 1.95 bits per heavy atom. The Hall–Kier alpha value is -3.79. The van der Waals surface area contributed by atoms with Gasteiger partial charge in [-0.1, -0.05) is 6.08 Å². The summed E-state index contributed by atoms with van der Waals surface area (Å²) in [7, 11) is 1.53. The molecule has 2 saturated heterocycles. The fraction of sp³-hybridized carbons (Fsp3) is 0.448. The van der Waals surface area contributed by atoms with Gasteiger partial charge < -0.3 is 24.6 Å². The zero-order valence-corrected chi connectivity index (χ0v) is 21.8. The molecule has 204 valence electrons. The average Bonchev–Trinajstić information content (AvgIpc) is 3.70. The van der Waals surface area contributed by atoms with E-state index in [0.717, 1.165) is 24.1 Å². The Kier molecular flexibility index (Phi) is 6.80. The number of allylic oxidation sites excluding steroid dienone is 4. The predicted molar refractivity (Wildman–Crippen MR) is 142 cm³/mol. The van der Waals surface area contributed by atoms with Crippen LogP contribution in [-0.4, -0.2) is 80.9 Å². The molecule has 10 heteroatoms. The van der Waals surface area contributed by atoms with Crippen LogP contribution in [0.25, 0.3) is 0 Å². The summed E-state index contributed by atoms with van der Waals surface area (Å²) in [6.07, 6.45) is 9.07. The largest absolute Gasteiger partial charge is 0.500 e. The highest BCUT2D eigenvalue weighted by Crippen LogP contribution is 2.47. The summed E-state index contributed by atoms with van der Waals surface area (Å²) in [5.74, 6) is -1.18. The van der Waals surface area contributed by atoms with Crippen molar-refractivity contribution in [3.05, 3.63) is 64.7 Å². The molecule has 3 heterocycles. The minimum Gasteiger partial charge on any atom is -0.500 e. The summed E-state index contributed by atoms with van der Waals surface area (Å²) in [6, 6.07) is 2.69. The molecule has 0 aromatic heterocycles. The van der Waals surface area contributed by atoms with E-state index < -0.39 is 17.6 Å². The Labute approximate surface area is 226 Å². The van der Waals surface area contributed by atoms with Gasteiger partial charge in [-0.2, -0.15) is 0 Å². The van der Waals surface area contributed by atoms with Gasteiger partial charge in [0.25, 0.3) is 11.8 Å². The predicted octanol–water partition coefficient (Wildman–Crippen LogP) is 2.49. The maximum atomic E-state index is 14.8. The topological polar surface area (TPSA) is 101 Å². The Morgan fingerprint density at radius 1 is 1.15 bits per heavy atom. The molecule has 6 rings (SSSR count). The number of hydrogen-bond acceptors (Lipinski definition) is 6. The number of fused-ring (bicyclic) bond motifs is 1. The average molecular weight is 535 g/mol. The molecule has 2 atom stereocenters. The molecular weight excluding hydrogens is 503 g/mol. The van der Waals surface area contributed by atoms with Crippen molar-refractivity contribution < 1.29 is 28.2 Å². The lowest BCUT2D eigenvalue weighted by atomic mass is 9.85. The van der Waals surface area contributed by atoms with Crippen molar-refractivity contribution in [3.63, 3.8) is 0 Å². The molecule has 3 amide bonds. The monoisotopic (exact) mass is 534 g/mol. The van der Waals surface area contributed by atoms with Crippen LogP contribution >= 0.6 is 0 Å². The van der Waals surface area contributed by atoms with Crippen LogP contribution in [0.5, 0.6) is 0 Å². The summed E-state index contributed by atoms with van der Waals surface area (Å²) in [5.41, 5.74) is 2.78. The number of morpholine rings is 1. The van der Waals surface area contributed by atoms with Crippen LogP contribution in [0.4, 0.5) is 10.1 Å². The van der Waals surface area contributed by atoms with Crippen LogP contribution in [0.3, 0.4) is 0 Å². The molecule has 5 aliphatic rings. The van der Waals surface area contributed by atoms with E-state index in [0.29, 0.717) is 68.4 Å². The van der Waals surface area contributed by atoms with Gasteiger partial charge in [0.15, 0.2) is 0 Å². The van der Waals surface area contributed by atoms with Crippen molar-refractivity contribution in [2.24, 2.45) is 10.9 Å². The number of dihydropyridines is 1. The summed E-state index contributed by atoms with van der Waals surface area (Å²) in [6.45, 7) is 2.95. The van der Waals surface area contributed by atoms with Crippen molar-refractivity contribution in [3.8, 4) is 0 Å². The van der Waals surface area contributed by atoms with Gasteiger partial charge in [-0.05, 0) is 55.0 Å². The molecule has 2 aliphatic carbocycles.